The molecule has 0 aliphatic rings. The van der Waals surface area contributed by atoms with Crippen molar-refractivity contribution >= 4 is 17.4 Å². The second-order valence-corrected chi connectivity index (χ2v) is 0. The predicted octanol–water partition coefficient (Wildman–Crippen LogP) is -0.621. The molecular formula is AlHgO2. The van der Waals surface area contributed by atoms with Crippen LogP contribution in [0.3, 0.4) is 0 Å². The Kier molecular flexibility index (Phi) is 352. The predicted molar refractivity (Wildman–Crippen MR) is 7.13 cm³/mol. The van der Waals surface area contributed by atoms with E-state index in [1.165, 1.54) is 0 Å². The molecule has 1 radical (unpaired) electrons. The van der Waals surface area contributed by atoms with Crippen LogP contribution in [0.2, 0.25) is 0 Å². The first-order valence-corrected chi connectivity index (χ1v) is 0. The Morgan fingerprint density at radius 3 is 0.750 bits per heavy atom. The molecule has 0 fully saturated rings. The molecule has 17 valence electrons. The molecule has 0 unspecified atom stereocenters. The summed E-state index contributed by atoms with van der Waals surface area (Å²) in [7, 11) is 0. The van der Waals surface area contributed by atoms with Crippen molar-refractivity contribution in [1.29, 1.82) is 0 Å². The van der Waals surface area contributed by atoms with E-state index in [0.29, 0.717) is 0 Å². The third-order valence-electron chi connectivity index (χ3n) is 0. The van der Waals surface area contributed by atoms with Gasteiger partial charge in [-0.3, -0.25) is 0 Å². The monoisotopic (exact) mass is 261 g/mol. The fourth-order valence-corrected chi connectivity index (χ4v) is 0. The molecule has 0 aromatic carbocycles. The zero-order valence-corrected chi connectivity index (χ0v) is 8.75. The van der Waals surface area contributed by atoms with Gasteiger partial charge in [-0.1, -0.05) is 0 Å². The Morgan fingerprint density at radius 1 is 0.750 bits per heavy atom. The van der Waals surface area contributed by atoms with Crippen molar-refractivity contribution in [3.63, 3.8) is 0 Å². The maximum Gasteiger partial charge on any atom is 3.00 e. The quantitative estimate of drug-likeness (QED) is 0.521. The molecule has 4 heavy (non-hydrogen) atoms. The van der Waals surface area contributed by atoms with Gasteiger partial charge in [-0.25, -0.2) is 0 Å². The molecule has 0 saturated heterocycles. The van der Waals surface area contributed by atoms with Gasteiger partial charge in [0.25, 0.3) is 0 Å². The summed E-state index contributed by atoms with van der Waals surface area (Å²) in [6, 6.07) is 0. The summed E-state index contributed by atoms with van der Waals surface area (Å²) >= 11 is 0. The van der Waals surface area contributed by atoms with E-state index in [2.05, 4.69) is 0 Å². The second kappa shape index (κ2) is 26.2. The SMILES string of the molecule is [Al+3].[Hg+].[O-2].[O-2]. The van der Waals surface area contributed by atoms with Crippen LogP contribution in [0.15, 0.2) is 0 Å². The second-order valence-electron chi connectivity index (χ2n) is 0. The Balaban J connectivity index is 0. The largest absolute Gasteiger partial charge is 3.00 e. The van der Waals surface area contributed by atoms with Gasteiger partial charge in [0.2, 0.25) is 0 Å². The smallest absolute Gasteiger partial charge is 2.00 e. The molecule has 0 rings (SSSR count). The van der Waals surface area contributed by atoms with Crippen molar-refractivity contribution in [3.8, 4) is 0 Å². The van der Waals surface area contributed by atoms with Gasteiger partial charge >= 0.3 is 45.0 Å². The summed E-state index contributed by atoms with van der Waals surface area (Å²) in [5, 5.41) is 0. The van der Waals surface area contributed by atoms with Crippen LogP contribution in [0, 0.1) is 0 Å². The molecule has 2 nitrogen and oxygen atoms in total. The van der Waals surface area contributed by atoms with Crippen molar-refractivity contribution in [2.75, 3.05) is 0 Å². The molecule has 0 aliphatic carbocycles. The maximum absolute atomic E-state index is 0. The molecule has 4 heteroatoms. The van der Waals surface area contributed by atoms with Gasteiger partial charge in [-0.2, -0.15) is 0 Å². The van der Waals surface area contributed by atoms with Crippen LogP contribution in [0.1, 0.15) is 0 Å². The van der Waals surface area contributed by atoms with Crippen LogP contribution in [0.25, 0.3) is 0 Å². The topological polar surface area (TPSA) is 57.0 Å². The Morgan fingerprint density at radius 2 is 0.750 bits per heavy atom. The first-order chi connectivity index (χ1) is 0. The number of hydrogen-bond acceptors (Lipinski definition) is 0. The summed E-state index contributed by atoms with van der Waals surface area (Å²) in [4.78, 5) is 0. The molecule has 0 atom stereocenters. The maximum atomic E-state index is 0. The molecule has 0 bridgehead atoms. The number of hydrogen-bond donors (Lipinski definition) is 0. The van der Waals surface area contributed by atoms with Gasteiger partial charge < -0.3 is 11.0 Å². The molecule has 0 amide bonds. The van der Waals surface area contributed by atoms with Gasteiger partial charge in [0, 0.05) is 0 Å². The van der Waals surface area contributed by atoms with E-state index in [0.717, 1.165) is 0 Å². The van der Waals surface area contributed by atoms with Gasteiger partial charge in [0.1, 0.15) is 0 Å². The zero-order chi connectivity index (χ0) is 0. The van der Waals surface area contributed by atoms with Crippen molar-refractivity contribution in [2.24, 2.45) is 0 Å². The van der Waals surface area contributed by atoms with Crippen LogP contribution in [0.4, 0.5) is 0 Å². The van der Waals surface area contributed by atoms with Crippen molar-refractivity contribution in [3.05, 3.63) is 0 Å². The average molecular weight is 260 g/mol. The Bertz CT molecular complexity index is 6.00. The fourth-order valence-electron chi connectivity index (χ4n) is 0. The first kappa shape index (κ1) is 53.9. The Hall–Kier alpha value is 1.39. The zero-order valence-electron chi connectivity index (χ0n) is 2.10. The number of rotatable bonds is 0. The molecular weight excluding hydrogens is 260 g/mol. The first-order valence-electron chi connectivity index (χ1n) is 0. The summed E-state index contributed by atoms with van der Waals surface area (Å²) in [6.07, 6.45) is 0. The minimum atomic E-state index is 0. The molecule has 0 aromatic heterocycles. The van der Waals surface area contributed by atoms with Crippen LogP contribution in [-0.4, -0.2) is 17.4 Å². The molecule has 0 heterocycles. The summed E-state index contributed by atoms with van der Waals surface area (Å²) in [5.41, 5.74) is 0. The van der Waals surface area contributed by atoms with E-state index in [1.54, 1.807) is 0 Å². The Labute approximate surface area is 55.8 Å². The van der Waals surface area contributed by atoms with E-state index in [9.17, 15) is 0 Å². The van der Waals surface area contributed by atoms with Crippen molar-refractivity contribution < 1.29 is 38.6 Å². The summed E-state index contributed by atoms with van der Waals surface area (Å²) < 4.78 is 0. The molecule has 0 aliphatic heterocycles. The van der Waals surface area contributed by atoms with E-state index >= 15 is 0 Å². The minimum Gasteiger partial charge on any atom is -2.00 e. The third-order valence-corrected chi connectivity index (χ3v) is 0. The normalized spacial score (nSPS) is 0. The molecule has 0 N–H and O–H groups in total. The van der Waals surface area contributed by atoms with Crippen LogP contribution < -0.4 is 0 Å². The van der Waals surface area contributed by atoms with Crippen molar-refractivity contribution in [1.82, 2.24) is 0 Å². The van der Waals surface area contributed by atoms with E-state index < -0.39 is 0 Å². The van der Waals surface area contributed by atoms with Gasteiger partial charge in [0.15, 0.2) is 0 Å². The fraction of sp³-hybridized carbons (Fsp3) is 0. The van der Waals surface area contributed by atoms with Crippen LogP contribution in [0.5, 0.6) is 0 Å². The minimum absolute atomic E-state index is 0. The third kappa shape index (κ3) is 10.0. The average Bonchev–Trinajstić information content (AvgIpc) is 0. The van der Waals surface area contributed by atoms with Crippen molar-refractivity contribution in [2.45, 2.75) is 0 Å². The van der Waals surface area contributed by atoms with Crippen LogP contribution >= 0.6 is 0 Å². The van der Waals surface area contributed by atoms with Gasteiger partial charge in [-0.15, -0.1) is 0 Å². The van der Waals surface area contributed by atoms with Crippen LogP contribution in [-0.2, 0) is 38.6 Å². The summed E-state index contributed by atoms with van der Waals surface area (Å²) in [6.45, 7) is 0. The standard InChI is InChI=1S/Al.Hg.2O/q+3;+1;2*-2. The molecule has 0 aromatic rings. The van der Waals surface area contributed by atoms with E-state index in [1.807, 2.05) is 0 Å². The van der Waals surface area contributed by atoms with Gasteiger partial charge in [-0.05, 0) is 0 Å². The summed E-state index contributed by atoms with van der Waals surface area (Å²) in [5.74, 6) is 0. The van der Waals surface area contributed by atoms with E-state index in [4.69, 9.17) is 0 Å². The van der Waals surface area contributed by atoms with Gasteiger partial charge in [0.05, 0.1) is 0 Å². The molecule has 0 spiro atoms. The van der Waals surface area contributed by atoms with E-state index in [-0.39, 0.29) is 56.0 Å². The molecule has 0 saturated carbocycles.